The molecule has 0 aliphatic rings. The zero-order valence-electron chi connectivity index (χ0n) is 30.1. The van der Waals surface area contributed by atoms with Crippen molar-refractivity contribution in [2.75, 3.05) is 0 Å². The fourth-order valence-electron chi connectivity index (χ4n) is 5.39. The van der Waals surface area contributed by atoms with Crippen LogP contribution in [0.5, 0.6) is 0 Å². The summed E-state index contributed by atoms with van der Waals surface area (Å²) in [5.41, 5.74) is 9.04. The summed E-state index contributed by atoms with van der Waals surface area (Å²) in [6, 6.07) is 0. The van der Waals surface area contributed by atoms with Crippen LogP contribution in [0.3, 0.4) is 0 Å². The van der Waals surface area contributed by atoms with Crippen molar-refractivity contribution in [1.82, 2.24) is 30.6 Å². The molecule has 43 heavy (non-hydrogen) atoms. The fraction of sp³-hybridized carbons (Fsp3) is 0.706. The quantitative estimate of drug-likeness (QED) is 0.297. The van der Waals surface area contributed by atoms with Crippen molar-refractivity contribution in [2.45, 2.75) is 157 Å². The fourth-order valence-corrected chi connectivity index (χ4v) is 5.39. The Labute approximate surface area is 289 Å². The monoisotopic (exact) mass is 667 g/mol. The maximum absolute atomic E-state index is 5.05. The molecule has 0 unspecified atom stereocenters. The molecule has 3 N–H and O–H groups in total. The zero-order valence-corrected chi connectivity index (χ0v) is 33.2. The largest absolute Gasteiger partial charge is 3.00 e. The van der Waals surface area contributed by atoms with E-state index < -0.39 is 0 Å². The molecule has 3 aromatic rings. The first kappa shape index (κ1) is 41.8. The first-order valence-electron chi connectivity index (χ1n) is 14.8. The molecule has 0 fully saturated rings. The predicted octanol–water partition coefficient (Wildman–Crippen LogP) is 2.67. The minimum Gasteiger partial charge on any atom is -1.00 e. The van der Waals surface area contributed by atoms with Gasteiger partial charge in [-0.2, -0.15) is 0 Å². The van der Waals surface area contributed by atoms with E-state index in [1.54, 1.807) is 0 Å². The third-order valence-electron chi connectivity index (χ3n) is 7.43. The molecule has 0 aliphatic heterocycles. The van der Waals surface area contributed by atoms with E-state index in [0.29, 0.717) is 0 Å². The van der Waals surface area contributed by atoms with E-state index in [1.807, 2.05) is 0 Å². The molecular formula is C34H57Cl2N6Ti. The summed E-state index contributed by atoms with van der Waals surface area (Å²) in [5, 5.41) is 25.7. The molecule has 0 amide bonds. The molecule has 3 aromatic heterocycles. The van der Waals surface area contributed by atoms with Gasteiger partial charge in [-0.1, -0.05) is 131 Å². The van der Waals surface area contributed by atoms with Crippen molar-refractivity contribution in [3.63, 3.8) is 0 Å². The number of rotatable bonds is 3. The molecule has 1 radical (unpaired) electrons. The molecule has 0 atom stereocenters. The van der Waals surface area contributed by atoms with Gasteiger partial charge in [-0.25, -0.2) is 15.3 Å². The Morgan fingerprint density at radius 2 is 0.558 bits per heavy atom. The van der Waals surface area contributed by atoms with Gasteiger partial charge in [-0.3, -0.25) is 0 Å². The molecule has 0 spiro atoms. The van der Waals surface area contributed by atoms with Crippen LogP contribution in [-0.2, 0) is 54.2 Å². The first-order chi connectivity index (χ1) is 17.7. The molecule has 3 heterocycles. The molecule has 0 aliphatic carbocycles. The maximum atomic E-state index is 5.05. The van der Waals surface area contributed by atoms with Crippen molar-refractivity contribution in [2.24, 2.45) is 0 Å². The first-order valence-corrected chi connectivity index (χ1v) is 14.8. The van der Waals surface area contributed by atoms with Gasteiger partial charge in [0, 0.05) is 34.2 Å². The van der Waals surface area contributed by atoms with Crippen LogP contribution in [0.25, 0.3) is 0 Å². The zero-order chi connectivity index (χ0) is 31.0. The molecule has 0 saturated heterocycles. The minimum absolute atomic E-state index is 0. The second-order valence-electron chi connectivity index (χ2n) is 17.8. The Kier molecular flexibility index (Phi) is 12.5. The number of aromatic nitrogens is 6. The summed E-state index contributed by atoms with van der Waals surface area (Å²) in [5.74, 6) is 1.18. The van der Waals surface area contributed by atoms with Crippen LogP contribution in [0.1, 0.15) is 175 Å². The molecule has 3 rings (SSSR count). The van der Waals surface area contributed by atoms with Crippen molar-refractivity contribution in [3.05, 3.63) is 56.8 Å². The second-order valence-corrected chi connectivity index (χ2v) is 17.8. The van der Waals surface area contributed by atoms with Gasteiger partial charge >= 0.3 is 21.7 Å². The van der Waals surface area contributed by atoms with E-state index in [2.05, 4.69) is 140 Å². The molecule has 0 saturated carbocycles. The number of nitrogens with zero attached hydrogens (tertiary/aromatic N) is 3. The average molecular weight is 669 g/mol. The summed E-state index contributed by atoms with van der Waals surface area (Å²) in [7, 11) is 0. The van der Waals surface area contributed by atoms with E-state index in [0.717, 1.165) is 34.2 Å². The van der Waals surface area contributed by atoms with Crippen LogP contribution in [0.4, 0.5) is 0 Å². The van der Waals surface area contributed by atoms with Crippen molar-refractivity contribution in [1.29, 1.82) is 0 Å². The number of aromatic amines is 3. The Bertz CT molecular complexity index is 1090. The molecule has 241 valence electrons. The number of hydrogen-bond acceptors (Lipinski definition) is 3. The van der Waals surface area contributed by atoms with E-state index >= 15 is 0 Å². The normalized spacial score (nSPS) is 13.3. The standard InChI is InChI=1S/C34H57N6.2ClH.Ti/c1-29(2,3)23-20(24(36-35-23)30(4,5)6)19(21-25(31(7,8)9)37-38-26(21)32(10,11)12)22-27(33(13,14)15)39-40-28(22)34(16,17)18;;;/h1-18H3,(H,35,36)(H,37,38)(H,39,40);2*1H;/q-1;;;+3/p-2. The second kappa shape index (κ2) is 12.9. The van der Waals surface area contributed by atoms with Gasteiger partial charge in [0.2, 0.25) is 0 Å². The van der Waals surface area contributed by atoms with Gasteiger partial charge in [0.1, 0.15) is 0 Å². The number of nitrogens with one attached hydrogen (secondary N) is 3. The average Bonchev–Trinajstić information content (AvgIpc) is 3.42. The summed E-state index contributed by atoms with van der Waals surface area (Å²) in [4.78, 5) is 0. The van der Waals surface area contributed by atoms with E-state index in [4.69, 9.17) is 15.3 Å². The van der Waals surface area contributed by atoms with Crippen LogP contribution >= 0.6 is 0 Å². The Morgan fingerprint density at radius 1 is 0.372 bits per heavy atom. The van der Waals surface area contributed by atoms with Gasteiger partial charge in [0.15, 0.2) is 0 Å². The third kappa shape index (κ3) is 8.34. The van der Waals surface area contributed by atoms with Gasteiger partial charge in [0.05, 0.1) is 0 Å². The maximum Gasteiger partial charge on any atom is 3.00 e. The summed E-state index contributed by atoms with van der Waals surface area (Å²) in [6.45, 7) is 40.7. The van der Waals surface area contributed by atoms with E-state index in [-0.39, 0.29) is 79.0 Å². The predicted molar refractivity (Wildman–Crippen MR) is 169 cm³/mol. The topological polar surface area (TPSA) is 86.0 Å². The SMILES string of the molecule is CC(C)(C)c1n[nH]c(C(C)(C)C)c1[C-](c1c(C(C)(C)C)n[nH]c1C(C)(C)C)c1c(C(C)(C)C)n[nH]c1C(C)(C)C.[Cl-].[Cl-].[Ti+3]. The van der Waals surface area contributed by atoms with E-state index in [9.17, 15) is 0 Å². The smallest absolute Gasteiger partial charge is 1.00 e. The van der Waals surface area contributed by atoms with Gasteiger partial charge in [0.25, 0.3) is 0 Å². The third-order valence-corrected chi connectivity index (χ3v) is 7.43. The number of halogens is 2. The molecule has 6 nitrogen and oxygen atoms in total. The molecule has 9 heteroatoms. The molecular weight excluding hydrogens is 611 g/mol. The Hall–Kier alpha value is -1.21. The van der Waals surface area contributed by atoms with Gasteiger partial charge < -0.3 is 40.1 Å². The van der Waals surface area contributed by atoms with E-state index in [1.165, 1.54) is 22.6 Å². The summed E-state index contributed by atoms with van der Waals surface area (Å²) in [6.07, 6.45) is 0. The summed E-state index contributed by atoms with van der Waals surface area (Å²) >= 11 is 0. The van der Waals surface area contributed by atoms with Crippen LogP contribution in [-0.4, -0.2) is 30.6 Å². The van der Waals surface area contributed by atoms with Crippen molar-refractivity contribution < 1.29 is 46.5 Å². The van der Waals surface area contributed by atoms with Crippen LogP contribution in [0.15, 0.2) is 0 Å². The van der Waals surface area contributed by atoms with Crippen molar-refractivity contribution >= 4 is 0 Å². The minimum atomic E-state index is -0.193. The van der Waals surface area contributed by atoms with Gasteiger partial charge in [-0.05, 0) is 49.2 Å². The molecule has 0 aromatic carbocycles. The number of H-pyrrole nitrogens is 3. The summed E-state index contributed by atoms with van der Waals surface area (Å²) < 4.78 is 0. The van der Waals surface area contributed by atoms with Crippen LogP contribution < -0.4 is 24.8 Å². The Morgan fingerprint density at radius 3 is 0.698 bits per heavy atom. The molecule has 0 bridgehead atoms. The van der Waals surface area contributed by atoms with Crippen molar-refractivity contribution in [3.8, 4) is 0 Å². The number of hydrogen-bond donors (Lipinski definition) is 3. The van der Waals surface area contributed by atoms with Crippen LogP contribution in [0, 0.1) is 5.92 Å². The van der Waals surface area contributed by atoms with Gasteiger partial charge in [-0.15, -0.1) is 0 Å². The van der Waals surface area contributed by atoms with Crippen LogP contribution in [0.2, 0.25) is 0 Å². The Balaban J connectivity index is 0.00000588.